The molecule has 28 heavy (non-hydrogen) atoms. The first-order valence-electron chi connectivity index (χ1n) is 9.59. The predicted octanol–water partition coefficient (Wildman–Crippen LogP) is 4.77. The molecule has 2 aromatic carbocycles. The summed E-state index contributed by atoms with van der Waals surface area (Å²) in [6, 6.07) is 22.4. The highest BCUT2D eigenvalue weighted by molar-refractivity contribution is 5.95. The maximum atomic E-state index is 13.2. The van der Waals surface area contributed by atoms with Crippen molar-refractivity contribution in [2.24, 2.45) is 0 Å². The maximum absolute atomic E-state index is 13.2. The Balaban J connectivity index is 1.78. The number of hydrogen-bond acceptors (Lipinski definition) is 3. The van der Waals surface area contributed by atoms with Gasteiger partial charge in [-0.2, -0.15) is 0 Å². The van der Waals surface area contributed by atoms with Gasteiger partial charge in [0.15, 0.2) is 0 Å². The fourth-order valence-electron chi connectivity index (χ4n) is 3.14. The van der Waals surface area contributed by atoms with Gasteiger partial charge in [-0.25, -0.2) is 0 Å². The molecule has 3 rings (SSSR count). The van der Waals surface area contributed by atoms with E-state index in [0.717, 1.165) is 17.8 Å². The highest BCUT2D eigenvalue weighted by Crippen LogP contribution is 2.19. The number of carbonyl (C=O) groups is 1. The van der Waals surface area contributed by atoms with Crippen LogP contribution in [-0.2, 0) is 13.1 Å². The summed E-state index contributed by atoms with van der Waals surface area (Å²) in [4.78, 5) is 21.5. The van der Waals surface area contributed by atoms with Gasteiger partial charge in [-0.05, 0) is 31.0 Å². The number of aromatic nitrogens is 1. The summed E-state index contributed by atoms with van der Waals surface area (Å²) in [7, 11) is 2.02. The molecule has 0 spiro atoms. The zero-order chi connectivity index (χ0) is 19.9. The van der Waals surface area contributed by atoms with Gasteiger partial charge < -0.3 is 9.80 Å². The Hall–Kier alpha value is -3.14. The first-order valence-corrected chi connectivity index (χ1v) is 9.59. The fourth-order valence-corrected chi connectivity index (χ4v) is 3.14. The van der Waals surface area contributed by atoms with Gasteiger partial charge in [0.25, 0.3) is 5.91 Å². The van der Waals surface area contributed by atoms with Gasteiger partial charge in [-0.15, -0.1) is 0 Å². The van der Waals surface area contributed by atoms with Crippen LogP contribution < -0.4 is 4.90 Å². The number of amides is 1. The Morgan fingerprint density at radius 1 is 0.893 bits per heavy atom. The van der Waals surface area contributed by atoms with Crippen LogP contribution in [0.3, 0.4) is 0 Å². The molecule has 4 nitrogen and oxygen atoms in total. The van der Waals surface area contributed by atoms with E-state index in [-0.39, 0.29) is 11.9 Å². The minimum absolute atomic E-state index is 0.00122. The zero-order valence-electron chi connectivity index (χ0n) is 16.7. The Morgan fingerprint density at radius 3 is 2.04 bits per heavy atom. The molecular formula is C24H27N3O. The highest BCUT2D eigenvalue weighted by Gasteiger charge is 2.20. The highest BCUT2D eigenvalue weighted by atomic mass is 16.2. The summed E-state index contributed by atoms with van der Waals surface area (Å²) < 4.78 is 0. The molecule has 0 radical (unpaired) electrons. The van der Waals surface area contributed by atoms with E-state index in [4.69, 9.17) is 0 Å². The van der Waals surface area contributed by atoms with Crippen molar-refractivity contribution in [3.63, 3.8) is 0 Å². The largest absolute Gasteiger partial charge is 0.369 e. The molecule has 1 amide bonds. The molecule has 0 N–H and O–H groups in total. The molecule has 1 heterocycles. The van der Waals surface area contributed by atoms with Gasteiger partial charge in [0.1, 0.15) is 0 Å². The smallest absolute Gasteiger partial charge is 0.256 e. The molecular weight excluding hydrogens is 346 g/mol. The average Bonchev–Trinajstić information content (AvgIpc) is 2.73. The Labute approximate surface area is 167 Å². The van der Waals surface area contributed by atoms with E-state index in [0.29, 0.717) is 12.1 Å². The third-order valence-corrected chi connectivity index (χ3v) is 4.75. The number of carbonyl (C=O) groups excluding carboxylic acids is 1. The number of nitrogens with zero attached hydrogens (tertiary/aromatic N) is 3. The summed E-state index contributed by atoms with van der Waals surface area (Å²) >= 11 is 0. The monoisotopic (exact) mass is 373 g/mol. The van der Waals surface area contributed by atoms with Gasteiger partial charge >= 0.3 is 0 Å². The van der Waals surface area contributed by atoms with E-state index in [9.17, 15) is 4.79 Å². The zero-order valence-corrected chi connectivity index (χ0v) is 16.7. The van der Waals surface area contributed by atoms with Crippen molar-refractivity contribution >= 4 is 11.6 Å². The van der Waals surface area contributed by atoms with Crippen molar-refractivity contribution in [1.29, 1.82) is 0 Å². The third kappa shape index (κ3) is 4.97. The van der Waals surface area contributed by atoms with Crippen LogP contribution in [0.15, 0.2) is 79.1 Å². The Bertz CT molecular complexity index is 894. The maximum Gasteiger partial charge on any atom is 0.256 e. The SMILES string of the molecule is CC(C)N(Cc1ccccc1)C(=O)c1cncc(N(C)Cc2ccccc2)c1. The summed E-state index contributed by atoms with van der Waals surface area (Å²) in [5.41, 5.74) is 3.88. The molecule has 0 bridgehead atoms. The number of anilines is 1. The van der Waals surface area contributed by atoms with Crippen molar-refractivity contribution in [1.82, 2.24) is 9.88 Å². The second kappa shape index (κ2) is 9.18. The van der Waals surface area contributed by atoms with Crippen molar-refractivity contribution in [2.75, 3.05) is 11.9 Å². The van der Waals surface area contributed by atoms with Gasteiger partial charge in [0.2, 0.25) is 0 Å². The van der Waals surface area contributed by atoms with Crippen molar-refractivity contribution in [3.05, 3.63) is 95.8 Å². The van der Waals surface area contributed by atoms with Gasteiger partial charge in [0.05, 0.1) is 17.4 Å². The van der Waals surface area contributed by atoms with Gasteiger partial charge in [0, 0.05) is 32.4 Å². The van der Waals surface area contributed by atoms with Crippen LogP contribution in [0.1, 0.15) is 35.3 Å². The number of rotatable bonds is 7. The first kappa shape index (κ1) is 19.6. The molecule has 0 fully saturated rings. The minimum atomic E-state index is 0.00122. The lowest BCUT2D eigenvalue weighted by Gasteiger charge is -2.27. The average molecular weight is 374 g/mol. The summed E-state index contributed by atoms with van der Waals surface area (Å²) in [5.74, 6) is 0.00122. The van der Waals surface area contributed by atoms with Crippen LogP contribution in [0.5, 0.6) is 0 Å². The fraction of sp³-hybridized carbons (Fsp3) is 0.250. The molecule has 0 saturated heterocycles. The minimum Gasteiger partial charge on any atom is -0.369 e. The molecule has 4 heteroatoms. The lowest BCUT2D eigenvalue weighted by molar-refractivity contribution is 0.0690. The van der Waals surface area contributed by atoms with E-state index >= 15 is 0 Å². The van der Waals surface area contributed by atoms with E-state index in [1.165, 1.54) is 5.56 Å². The van der Waals surface area contributed by atoms with Crippen LogP contribution in [0, 0.1) is 0 Å². The predicted molar refractivity (Wildman–Crippen MR) is 114 cm³/mol. The van der Waals surface area contributed by atoms with Crippen molar-refractivity contribution in [3.8, 4) is 0 Å². The Kier molecular flexibility index (Phi) is 6.43. The summed E-state index contributed by atoms with van der Waals surface area (Å²) in [6.45, 7) is 5.43. The molecule has 0 aliphatic heterocycles. The third-order valence-electron chi connectivity index (χ3n) is 4.75. The quantitative estimate of drug-likeness (QED) is 0.599. The standard InChI is InChI=1S/C24H27N3O/c1-19(2)27(18-21-12-8-5-9-13-21)24(28)22-14-23(16-25-15-22)26(3)17-20-10-6-4-7-11-20/h4-16,19H,17-18H2,1-3H3. The van der Waals surface area contributed by atoms with E-state index < -0.39 is 0 Å². The number of hydrogen-bond donors (Lipinski definition) is 0. The number of benzene rings is 2. The summed E-state index contributed by atoms with van der Waals surface area (Å²) in [5, 5.41) is 0. The second-order valence-corrected chi connectivity index (χ2v) is 7.29. The summed E-state index contributed by atoms with van der Waals surface area (Å²) in [6.07, 6.45) is 3.46. The topological polar surface area (TPSA) is 36.4 Å². The number of pyridine rings is 1. The normalized spacial score (nSPS) is 10.7. The molecule has 144 valence electrons. The molecule has 3 aromatic rings. The van der Waals surface area contributed by atoms with E-state index in [2.05, 4.69) is 22.0 Å². The van der Waals surface area contributed by atoms with Crippen LogP contribution in [-0.4, -0.2) is 28.9 Å². The van der Waals surface area contributed by atoms with E-state index in [1.807, 2.05) is 80.4 Å². The molecule has 0 atom stereocenters. The van der Waals surface area contributed by atoms with Crippen LogP contribution in [0.25, 0.3) is 0 Å². The lowest BCUT2D eigenvalue weighted by atomic mass is 10.1. The van der Waals surface area contributed by atoms with Crippen molar-refractivity contribution < 1.29 is 4.79 Å². The van der Waals surface area contributed by atoms with Crippen molar-refractivity contribution in [2.45, 2.75) is 33.0 Å². The molecule has 1 aromatic heterocycles. The molecule has 0 aliphatic carbocycles. The van der Waals surface area contributed by atoms with Gasteiger partial charge in [-0.3, -0.25) is 9.78 Å². The second-order valence-electron chi connectivity index (χ2n) is 7.29. The lowest BCUT2D eigenvalue weighted by Crippen LogP contribution is -2.36. The molecule has 0 aliphatic rings. The van der Waals surface area contributed by atoms with Gasteiger partial charge in [-0.1, -0.05) is 60.7 Å². The molecule has 0 saturated carbocycles. The van der Waals surface area contributed by atoms with Crippen LogP contribution >= 0.6 is 0 Å². The Morgan fingerprint density at radius 2 is 1.46 bits per heavy atom. The molecule has 0 unspecified atom stereocenters. The first-order chi connectivity index (χ1) is 13.5. The van der Waals surface area contributed by atoms with Crippen LogP contribution in [0.2, 0.25) is 0 Å². The van der Waals surface area contributed by atoms with E-state index in [1.54, 1.807) is 12.4 Å². The van der Waals surface area contributed by atoms with Crippen LogP contribution in [0.4, 0.5) is 5.69 Å².